The number of aryl methyl sites for hydroxylation is 1. The summed E-state index contributed by atoms with van der Waals surface area (Å²) in [6, 6.07) is 8.82. The van der Waals surface area contributed by atoms with Gasteiger partial charge in [0.05, 0.1) is 6.54 Å². The molecule has 0 unspecified atom stereocenters. The van der Waals surface area contributed by atoms with Gasteiger partial charge in [0.1, 0.15) is 17.8 Å². The summed E-state index contributed by atoms with van der Waals surface area (Å²) in [5, 5.41) is 6.76. The molecule has 0 spiro atoms. The van der Waals surface area contributed by atoms with Gasteiger partial charge in [-0.2, -0.15) is 0 Å². The molecule has 0 saturated carbocycles. The summed E-state index contributed by atoms with van der Waals surface area (Å²) in [5.74, 6) is 0.811. The van der Waals surface area contributed by atoms with E-state index in [1.807, 2.05) is 6.07 Å². The summed E-state index contributed by atoms with van der Waals surface area (Å²) < 4.78 is 10.4. The number of hydrogen-bond donors (Lipinski definition) is 2. The number of aldehydes is 1. The minimum Gasteiger partial charge on any atom is -0.428 e. The van der Waals surface area contributed by atoms with E-state index < -0.39 is 6.09 Å². The predicted molar refractivity (Wildman–Crippen MR) is 88.3 cm³/mol. The summed E-state index contributed by atoms with van der Waals surface area (Å²) in [5.41, 5.74) is 0.677. The fourth-order valence-corrected chi connectivity index (χ4v) is 2.29. The van der Waals surface area contributed by atoms with Crippen LogP contribution in [0.1, 0.15) is 5.56 Å². The van der Waals surface area contributed by atoms with Gasteiger partial charge < -0.3 is 24.9 Å². The Kier molecular flexibility index (Phi) is 6.27. The lowest BCUT2D eigenvalue weighted by Crippen LogP contribution is -2.34. The molecule has 2 rings (SSSR count). The van der Waals surface area contributed by atoms with Crippen molar-refractivity contribution in [2.75, 3.05) is 19.6 Å². The standard InChI is InChI=1S/C17H18N2O5/c1-12-10-15(24-17(22)19-7-6-18-8-9-20)13-4-2-3-5-14(13)16(12)23-11-21/h2-5,9-11,18H,6-8H2,1H3,(H,19,22). The van der Waals surface area contributed by atoms with Gasteiger partial charge in [-0.3, -0.25) is 4.79 Å². The normalized spacial score (nSPS) is 10.2. The number of amides is 1. The Labute approximate surface area is 138 Å². The zero-order chi connectivity index (χ0) is 17.4. The van der Waals surface area contributed by atoms with E-state index in [4.69, 9.17) is 9.47 Å². The molecule has 7 nitrogen and oxygen atoms in total. The van der Waals surface area contributed by atoms with E-state index in [0.717, 1.165) is 6.29 Å². The number of hydrogen-bond acceptors (Lipinski definition) is 6. The van der Waals surface area contributed by atoms with Crippen LogP contribution in [0, 0.1) is 6.92 Å². The Bertz CT molecular complexity index is 745. The highest BCUT2D eigenvalue weighted by Gasteiger charge is 2.14. The summed E-state index contributed by atoms with van der Waals surface area (Å²) in [6.07, 6.45) is 0.146. The second-order valence-corrected chi connectivity index (χ2v) is 4.97. The topological polar surface area (TPSA) is 93.7 Å². The van der Waals surface area contributed by atoms with E-state index in [2.05, 4.69) is 10.6 Å². The molecule has 0 heterocycles. The predicted octanol–water partition coefficient (Wildman–Crippen LogP) is 1.56. The van der Waals surface area contributed by atoms with E-state index in [-0.39, 0.29) is 6.54 Å². The molecule has 2 aromatic carbocycles. The maximum absolute atomic E-state index is 11.9. The maximum atomic E-state index is 11.9. The number of carbonyl (C=O) groups excluding carboxylic acids is 3. The lowest BCUT2D eigenvalue weighted by molar-refractivity contribution is -0.120. The van der Waals surface area contributed by atoms with Crippen molar-refractivity contribution in [1.29, 1.82) is 0 Å². The number of ether oxygens (including phenoxy) is 2. The van der Waals surface area contributed by atoms with Crippen molar-refractivity contribution in [1.82, 2.24) is 10.6 Å². The molecule has 2 aromatic rings. The first-order chi connectivity index (χ1) is 11.7. The van der Waals surface area contributed by atoms with Gasteiger partial charge in [0, 0.05) is 23.9 Å². The van der Waals surface area contributed by atoms with E-state index in [9.17, 15) is 14.4 Å². The molecule has 0 fully saturated rings. The van der Waals surface area contributed by atoms with Crippen LogP contribution in [0.4, 0.5) is 4.79 Å². The Morgan fingerprint density at radius 1 is 1.17 bits per heavy atom. The van der Waals surface area contributed by atoms with Gasteiger partial charge >= 0.3 is 6.09 Å². The van der Waals surface area contributed by atoms with Crippen molar-refractivity contribution in [3.05, 3.63) is 35.9 Å². The fraction of sp³-hybridized carbons (Fsp3) is 0.235. The maximum Gasteiger partial charge on any atom is 0.412 e. The van der Waals surface area contributed by atoms with Crippen LogP contribution in [0.5, 0.6) is 11.5 Å². The Hall–Kier alpha value is -2.93. The molecule has 0 aromatic heterocycles. The first kappa shape index (κ1) is 17.4. The zero-order valence-electron chi connectivity index (χ0n) is 13.2. The SMILES string of the molecule is Cc1cc(OC(=O)NCCNCC=O)c2ccccc2c1OC=O. The van der Waals surface area contributed by atoms with Crippen molar-refractivity contribution in [3.63, 3.8) is 0 Å². The van der Waals surface area contributed by atoms with Crippen LogP contribution in [0.15, 0.2) is 30.3 Å². The van der Waals surface area contributed by atoms with E-state index in [1.165, 1.54) is 0 Å². The molecule has 7 heteroatoms. The Morgan fingerprint density at radius 2 is 1.92 bits per heavy atom. The smallest absolute Gasteiger partial charge is 0.412 e. The van der Waals surface area contributed by atoms with Crippen LogP contribution in [0.2, 0.25) is 0 Å². The average Bonchev–Trinajstić information content (AvgIpc) is 2.58. The molecule has 24 heavy (non-hydrogen) atoms. The molecular weight excluding hydrogens is 312 g/mol. The highest BCUT2D eigenvalue weighted by molar-refractivity contribution is 5.96. The van der Waals surface area contributed by atoms with E-state index >= 15 is 0 Å². The summed E-state index contributed by atoms with van der Waals surface area (Å²) in [6.45, 7) is 3.15. The molecular formula is C17H18N2O5. The number of nitrogens with one attached hydrogen (secondary N) is 2. The van der Waals surface area contributed by atoms with Crippen LogP contribution in [-0.2, 0) is 9.59 Å². The van der Waals surface area contributed by atoms with Crippen LogP contribution in [-0.4, -0.2) is 38.5 Å². The van der Waals surface area contributed by atoms with Crippen molar-refractivity contribution in [2.45, 2.75) is 6.92 Å². The second kappa shape index (κ2) is 8.64. The molecule has 0 aliphatic rings. The average molecular weight is 330 g/mol. The van der Waals surface area contributed by atoms with Gasteiger partial charge in [0.15, 0.2) is 0 Å². The zero-order valence-corrected chi connectivity index (χ0v) is 13.2. The minimum absolute atomic E-state index is 0.235. The largest absolute Gasteiger partial charge is 0.428 e. The first-order valence-electron chi connectivity index (χ1n) is 7.40. The fourth-order valence-electron chi connectivity index (χ4n) is 2.29. The Balaban J connectivity index is 2.14. The quantitative estimate of drug-likeness (QED) is 0.563. The highest BCUT2D eigenvalue weighted by atomic mass is 16.6. The summed E-state index contributed by atoms with van der Waals surface area (Å²) in [4.78, 5) is 32.7. The third kappa shape index (κ3) is 4.30. The first-order valence-corrected chi connectivity index (χ1v) is 7.40. The van der Waals surface area contributed by atoms with Gasteiger partial charge in [-0.25, -0.2) is 4.79 Å². The second-order valence-electron chi connectivity index (χ2n) is 4.97. The molecule has 0 saturated heterocycles. The molecule has 0 aliphatic heterocycles. The van der Waals surface area contributed by atoms with Crippen LogP contribution in [0.3, 0.4) is 0 Å². The molecule has 0 radical (unpaired) electrons. The van der Waals surface area contributed by atoms with Gasteiger partial charge in [0.2, 0.25) is 0 Å². The number of rotatable bonds is 8. The summed E-state index contributed by atoms with van der Waals surface area (Å²) >= 11 is 0. The van der Waals surface area contributed by atoms with Crippen molar-refractivity contribution >= 4 is 29.6 Å². The number of carbonyl (C=O) groups is 3. The highest BCUT2D eigenvalue weighted by Crippen LogP contribution is 2.36. The molecule has 1 amide bonds. The van der Waals surface area contributed by atoms with Crippen LogP contribution in [0.25, 0.3) is 10.8 Å². The summed E-state index contributed by atoms with van der Waals surface area (Å²) in [7, 11) is 0. The van der Waals surface area contributed by atoms with Gasteiger partial charge in [0.25, 0.3) is 6.47 Å². The van der Waals surface area contributed by atoms with Crippen LogP contribution >= 0.6 is 0 Å². The molecule has 126 valence electrons. The van der Waals surface area contributed by atoms with E-state index in [1.54, 1.807) is 31.2 Å². The third-order valence-corrected chi connectivity index (χ3v) is 3.31. The van der Waals surface area contributed by atoms with Gasteiger partial charge in [-0.05, 0) is 18.6 Å². The van der Waals surface area contributed by atoms with Gasteiger partial charge in [-0.1, -0.05) is 24.3 Å². The lowest BCUT2D eigenvalue weighted by Gasteiger charge is -2.13. The van der Waals surface area contributed by atoms with E-state index in [0.29, 0.717) is 47.4 Å². The molecule has 2 N–H and O–H groups in total. The minimum atomic E-state index is -0.600. The van der Waals surface area contributed by atoms with Gasteiger partial charge in [-0.15, -0.1) is 0 Å². The third-order valence-electron chi connectivity index (χ3n) is 3.31. The molecule has 0 atom stereocenters. The van der Waals surface area contributed by atoms with Crippen molar-refractivity contribution < 1.29 is 23.9 Å². The molecule has 0 bridgehead atoms. The molecule has 0 aliphatic carbocycles. The number of benzene rings is 2. The lowest BCUT2D eigenvalue weighted by atomic mass is 10.0. The van der Waals surface area contributed by atoms with Crippen molar-refractivity contribution in [3.8, 4) is 11.5 Å². The van der Waals surface area contributed by atoms with Crippen LogP contribution < -0.4 is 20.1 Å². The van der Waals surface area contributed by atoms with Crippen molar-refractivity contribution in [2.24, 2.45) is 0 Å². The monoisotopic (exact) mass is 330 g/mol. The number of fused-ring (bicyclic) bond motifs is 1. The Morgan fingerprint density at radius 3 is 2.62 bits per heavy atom.